The van der Waals surface area contributed by atoms with Gasteiger partial charge in [0, 0.05) is 38.6 Å². The summed E-state index contributed by atoms with van der Waals surface area (Å²) in [5, 5.41) is 16.3. The molecule has 1 aliphatic heterocycles. The van der Waals surface area contributed by atoms with Crippen LogP contribution in [0.1, 0.15) is 30.0 Å². The van der Waals surface area contributed by atoms with Crippen LogP contribution in [-0.2, 0) is 6.42 Å². The number of piperidine rings is 1. The quantitative estimate of drug-likeness (QED) is 0.743. The van der Waals surface area contributed by atoms with Crippen LogP contribution in [0.4, 0.5) is 4.79 Å². The molecule has 2 amide bonds. The van der Waals surface area contributed by atoms with Gasteiger partial charge in [-0.1, -0.05) is 24.3 Å². The van der Waals surface area contributed by atoms with Crippen molar-refractivity contribution in [3.05, 3.63) is 35.4 Å². The molecule has 1 aromatic carbocycles. The van der Waals surface area contributed by atoms with E-state index in [2.05, 4.69) is 34.5 Å². The first kappa shape index (κ1) is 18.2. The number of aliphatic hydroxyl groups is 1. The van der Waals surface area contributed by atoms with Gasteiger partial charge in [0.1, 0.15) is 0 Å². The molecule has 0 unspecified atom stereocenters. The first-order valence-corrected chi connectivity index (χ1v) is 9.23. The maximum Gasteiger partial charge on any atom is 0.315 e. The summed E-state index contributed by atoms with van der Waals surface area (Å²) in [6.45, 7) is 4.19. The van der Waals surface area contributed by atoms with E-state index in [4.69, 9.17) is 0 Å². The average molecular weight is 346 g/mol. The zero-order chi connectivity index (χ0) is 17.8. The van der Waals surface area contributed by atoms with Crippen LogP contribution >= 0.6 is 0 Å². The SMILES string of the molecule is CN(C)CCN1CCC(NC(=O)N[C@@H]2c3ccccc3C[C@@H]2O)CC1. The molecule has 0 saturated carbocycles. The number of hydrogen-bond donors (Lipinski definition) is 3. The fourth-order valence-electron chi connectivity index (χ4n) is 3.76. The fraction of sp³-hybridized carbons (Fsp3) is 0.632. The number of fused-ring (bicyclic) bond motifs is 1. The summed E-state index contributed by atoms with van der Waals surface area (Å²) in [6, 6.07) is 7.65. The molecule has 25 heavy (non-hydrogen) atoms. The number of hydrogen-bond acceptors (Lipinski definition) is 4. The Morgan fingerprint density at radius 3 is 2.68 bits per heavy atom. The summed E-state index contributed by atoms with van der Waals surface area (Å²) < 4.78 is 0. The second kappa shape index (κ2) is 8.17. The predicted molar refractivity (Wildman–Crippen MR) is 98.6 cm³/mol. The van der Waals surface area contributed by atoms with Gasteiger partial charge < -0.3 is 25.5 Å². The molecule has 6 nitrogen and oxygen atoms in total. The molecule has 1 saturated heterocycles. The maximum absolute atomic E-state index is 12.4. The van der Waals surface area contributed by atoms with Crippen molar-refractivity contribution in [2.24, 2.45) is 0 Å². The smallest absolute Gasteiger partial charge is 0.315 e. The number of carbonyl (C=O) groups excluding carboxylic acids is 1. The van der Waals surface area contributed by atoms with E-state index in [1.807, 2.05) is 24.3 Å². The van der Waals surface area contributed by atoms with Crippen LogP contribution in [0, 0.1) is 0 Å². The van der Waals surface area contributed by atoms with Crippen LogP contribution in [0.15, 0.2) is 24.3 Å². The van der Waals surface area contributed by atoms with Gasteiger partial charge in [-0.15, -0.1) is 0 Å². The first-order chi connectivity index (χ1) is 12.0. The number of aliphatic hydroxyl groups excluding tert-OH is 1. The molecular weight excluding hydrogens is 316 g/mol. The third-order valence-corrected chi connectivity index (χ3v) is 5.28. The lowest BCUT2D eigenvalue weighted by Gasteiger charge is -2.33. The summed E-state index contributed by atoms with van der Waals surface area (Å²) in [7, 11) is 4.18. The Balaban J connectivity index is 1.45. The molecule has 3 N–H and O–H groups in total. The minimum Gasteiger partial charge on any atom is -0.390 e. The van der Waals surface area contributed by atoms with E-state index in [-0.39, 0.29) is 18.1 Å². The molecule has 138 valence electrons. The molecule has 3 rings (SSSR count). The molecular formula is C19H30N4O2. The number of likely N-dealkylation sites (N-methyl/N-ethyl adjacent to an activating group) is 1. The molecule has 1 aromatic rings. The summed E-state index contributed by atoms with van der Waals surface area (Å²) in [4.78, 5) is 17.0. The molecule has 2 aliphatic rings. The first-order valence-electron chi connectivity index (χ1n) is 9.23. The van der Waals surface area contributed by atoms with E-state index in [9.17, 15) is 9.90 Å². The Bertz CT molecular complexity index is 585. The van der Waals surface area contributed by atoms with Gasteiger partial charge in [0.15, 0.2) is 0 Å². The third kappa shape index (κ3) is 4.71. The molecule has 0 radical (unpaired) electrons. The lowest BCUT2D eigenvalue weighted by atomic mass is 10.1. The van der Waals surface area contributed by atoms with E-state index in [1.165, 1.54) is 0 Å². The number of benzene rings is 1. The molecule has 1 heterocycles. The van der Waals surface area contributed by atoms with Crippen molar-refractivity contribution in [1.82, 2.24) is 20.4 Å². The zero-order valence-electron chi connectivity index (χ0n) is 15.2. The maximum atomic E-state index is 12.4. The van der Waals surface area contributed by atoms with E-state index in [0.717, 1.165) is 50.1 Å². The molecule has 0 aromatic heterocycles. The topological polar surface area (TPSA) is 67.8 Å². The van der Waals surface area contributed by atoms with E-state index < -0.39 is 6.10 Å². The monoisotopic (exact) mass is 346 g/mol. The normalized spacial score (nSPS) is 24.3. The Morgan fingerprint density at radius 2 is 1.96 bits per heavy atom. The summed E-state index contributed by atoms with van der Waals surface area (Å²) in [5.74, 6) is 0. The number of likely N-dealkylation sites (tertiary alicyclic amines) is 1. The van der Waals surface area contributed by atoms with E-state index in [0.29, 0.717) is 6.42 Å². The van der Waals surface area contributed by atoms with Crippen molar-refractivity contribution in [1.29, 1.82) is 0 Å². The minimum absolute atomic E-state index is 0.174. The highest BCUT2D eigenvalue weighted by atomic mass is 16.3. The standard InChI is InChI=1S/C19H30N4O2/c1-22(2)11-12-23-9-7-15(8-10-23)20-19(25)21-18-16-6-4-3-5-14(16)13-17(18)24/h3-6,15,17-18,24H,7-13H2,1-2H3,(H2,20,21,25)/t17-,18+/m0/s1. The number of rotatable bonds is 5. The van der Waals surface area contributed by atoms with Crippen LogP contribution in [0.2, 0.25) is 0 Å². The van der Waals surface area contributed by atoms with Crippen molar-refractivity contribution >= 4 is 6.03 Å². The van der Waals surface area contributed by atoms with Crippen LogP contribution < -0.4 is 10.6 Å². The summed E-state index contributed by atoms with van der Waals surface area (Å²) in [5.41, 5.74) is 2.15. The van der Waals surface area contributed by atoms with Crippen molar-refractivity contribution < 1.29 is 9.90 Å². The highest BCUT2D eigenvalue weighted by Gasteiger charge is 2.32. The average Bonchev–Trinajstić information content (AvgIpc) is 2.90. The molecule has 6 heteroatoms. The number of urea groups is 1. The van der Waals surface area contributed by atoms with E-state index >= 15 is 0 Å². The van der Waals surface area contributed by atoms with Crippen LogP contribution in [0.5, 0.6) is 0 Å². The van der Waals surface area contributed by atoms with Crippen molar-refractivity contribution in [3.8, 4) is 0 Å². The van der Waals surface area contributed by atoms with Gasteiger partial charge in [0.25, 0.3) is 0 Å². The number of nitrogens with zero attached hydrogens (tertiary/aromatic N) is 2. The summed E-state index contributed by atoms with van der Waals surface area (Å²) >= 11 is 0. The molecule has 1 aliphatic carbocycles. The second-order valence-corrected chi connectivity index (χ2v) is 7.48. The van der Waals surface area contributed by atoms with Crippen LogP contribution in [-0.4, -0.2) is 73.4 Å². The number of amides is 2. The zero-order valence-corrected chi connectivity index (χ0v) is 15.2. The Labute approximate surface area is 150 Å². The molecule has 1 fully saturated rings. The minimum atomic E-state index is -0.545. The van der Waals surface area contributed by atoms with E-state index in [1.54, 1.807) is 0 Å². The lowest BCUT2D eigenvalue weighted by Crippen LogP contribution is -2.50. The van der Waals surface area contributed by atoms with Crippen LogP contribution in [0.3, 0.4) is 0 Å². The Hall–Kier alpha value is -1.63. The number of carbonyl (C=O) groups is 1. The summed E-state index contributed by atoms with van der Waals surface area (Å²) in [6.07, 6.45) is 2.01. The number of nitrogens with one attached hydrogen (secondary N) is 2. The molecule has 0 bridgehead atoms. The van der Waals surface area contributed by atoms with Gasteiger partial charge in [0.2, 0.25) is 0 Å². The van der Waals surface area contributed by atoms with Crippen molar-refractivity contribution in [2.75, 3.05) is 40.3 Å². The van der Waals surface area contributed by atoms with Gasteiger partial charge in [0.05, 0.1) is 12.1 Å². The van der Waals surface area contributed by atoms with Gasteiger partial charge in [-0.3, -0.25) is 0 Å². The fourth-order valence-corrected chi connectivity index (χ4v) is 3.76. The highest BCUT2D eigenvalue weighted by molar-refractivity contribution is 5.75. The second-order valence-electron chi connectivity index (χ2n) is 7.48. The van der Waals surface area contributed by atoms with Gasteiger partial charge >= 0.3 is 6.03 Å². The van der Waals surface area contributed by atoms with Crippen molar-refractivity contribution in [3.63, 3.8) is 0 Å². The van der Waals surface area contributed by atoms with Gasteiger partial charge in [-0.25, -0.2) is 4.79 Å². The van der Waals surface area contributed by atoms with Gasteiger partial charge in [-0.2, -0.15) is 0 Å². The highest BCUT2D eigenvalue weighted by Crippen LogP contribution is 2.31. The molecule has 0 spiro atoms. The Morgan fingerprint density at radius 1 is 1.24 bits per heavy atom. The van der Waals surface area contributed by atoms with Crippen LogP contribution in [0.25, 0.3) is 0 Å². The lowest BCUT2D eigenvalue weighted by molar-refractivity contribution is 0.139. The third-order valence-electron chi connectivity index (χ3n) is 5.28. The Kier molecular flexibility index (Phi) is 5.93. The largest absolute Gasteiger partial charge is 0.390 e. The molecule has 2 atom stereocenters. The van der Waals surface area contributed by atoms with Gasteiger partial charge in [-0.05, 0) is 38.1 Å². The van der Waals surface area contributed by atoms with Crippen molar-refractivity contribution in [2.45, 2.75) is 37.5 Å². The predicted octanol–water partition coefficient (Wildman–Crippen LogP) is 0.970.